The lowest BCUT2D eigenvalue weighted by Crippen LogP contribution is -2.39. The largest absolute Gasteiger partial charge is 0.473 e. The number of rotatable bonds is 10. The Morgan fingerprint density at radius 2 is 1.95 bits per heavy atom. The van der Waals surface area contributed by atoms with Crippen LogP contribution in [0.5, 0.6) is 5.88 Å². The highest BCUT2D eigenvalue weighted by molar-refractivity contribution is 5.93. The van der Waals surface area contributed by atoms with Gasteiger partial charge in [-0.1, -0.05) is 12.1 Å². The molecule has 0 amide bonds. The van der Waals surface area contributed by atoms with Crippen molar-refractivity contribution >= 4 is 17.0 Å². The normalized spacial score (nSPS) is 18.0. The molecule has 4 aromatic rings. The molecule has 0 radical (unpaired) electrons. The number of nitriles is 1. The Balaban J connectivity index is 1.16. The van der Waals surface area contributed by atoms with E-state index in [-0.39, 0.29) is 24.2 Å². The molecule has 0 spiro atoms. The van der Waals surface area contributed by atoms with Crippen LogP contribution in [0.1, 0.15) is 64.2 Å². The van der Waals surface area contributed by atoms with Crippen molar-refractivity contribution < 1.29 is 27.8 Å². The van der Waals surface area contributed by atoms with E-state index in [1.165, 1.54) is 13.2 Å². The van der Waals surface area contributed by atoms with Gasteiger partial charge in [0.2, 0.25) is 5.88 Å². The average Bonchev–Trinajstić information content (AvgIpc) is 3.39. The molecule has 9 nitrogen and oxygen atoms in total. The van der Waals surface area contributed by atoms with Crippen LogP contribution in [0.3, 0.4) is 0 Å². The molecule has 2 aromatic carbocycles. The first-order valence-corrected chi connectivity index (χ1v) is 14.8. The van der Waals surface area contributed by atoms with E-state index in [0.717, 1.165) is 30.5 Å². The third kappa shape index (κ3) is 6.14. The van der Waals surface area contributed by atoms with Gasteiger partial charge in [0.15, 0.2) is 0 Å². The number of pyridine rings is 1. The lowest BCUT2D eigenvalue weighted by Gasteiger charge is -2.36. The zero-order valence-electron chi connectivity index (χ0n) is 24.4. The zero-order chi connectivity index (χ0) is 30.6. The van der Waals surface area contributed by atoms with Crippen molar-refractivity contribution in [1.29, 1.82) is 5.26 Å². The summed E-state index contributed by atoms with van der Waals surface area (Å²) in [6.07, 6.45) is 2.48. The fourth-order valence-electron chi connectivity index (χ4n) is 5.93. The Bertz CT molecular complexity index is 1690. The third-order valence-corrected chi connectivity index (χ3v) is 8.51. The summed E-state index contributed by atoms with van der Waals surface area (Å²) in [5.74, 6) is 0.254. The van der Waals surface area contributed by atoms with Crippen LogP contribution in [-0.2, 0) is 22.6 Å². The van der Waals surface area contributed by atoms with Gasteiger partial charge in [-0.25, -0.2) is 23.5 Å². The van der Waals surface area contributed by atoms with E-state index >= 15 is 0 Å². The van der Waals surface area contributed by atoms with Gasteiger partial charge in [0.25, 0.3) is 0 Å². The highest BCUT2D eigenvalue weighted by atomic mass is 19.1. The predicted octanol–water partition coefficient (Wildman–Crippen LogP) is 5.49. The number of carbonyl (C=O) groups excluding carboxylic acids is 1. The minimum Gasteiger partial charge on any atom is -0.473 e. The number of nitrogens with zero attached hydrogens (tertiary/aromatic N) is 5. The van der Waals surface area contributed by atoms with E-state index in [4.69, 9.17) is 24.5 Å². The van der Waals surface area contributed by atoms with Gasteiger partial charge < -0.3 is 18.8 Å². The number of carbonyl (C=O) groups is 1. The number of aromatic nitrogens is 3. The van der Waals surface area contributed by atoms with Gasteiger partial charge in [0.05, 0.1) is 54.0 Å². The maximum Gasteiger partial charge on any atom is 0.337 e. The summed E-state index contributed by atoms with van der Waals surface area (Å²) in [6.45, 7) is 1.94. The number of halogens is 2. The average molecular weight is 602 g/mol. The molecule has 0 bridgehead atoms. The molecule has 2 aromatic heterocycles. The molecule has 0 N–H and O–H groups in total. The lowest BCUT2D eigenvalue weighted by molar-refractivity contribution is -0.0595. The number of alkyl halides is 1. The molecule has 2 aliphatic heterocycles. The van der Waals surface area contributed by atoms with Gasteiger partial charge in [0, 0.05) is 29.8 Å². The van der Waals surface area contributed by atoms with E-state index in [0.29, 0.717) is 54.6 Å². The number of ether oxygens (including phenoxy) is 3. The molecule has 0 saturated carbocycles. The Kier molecular flexibility index (Phi) is 8.82. The second kappa shape index (κ2) is 13.1. The van der Waals surface area contributed by atoms with Gasteiger partial charge in [-0.2, -0.15) is 5.26 Å². The second-order valence-corrected chi connectivity index (χ2v) is 11.1. The second-order valence-electron chi connectivity index (χ2n) is 11.1. The van der Waals surface area contributed by atoms with E-state index in [1.54, 1.807) is 36.4 Å². The van der Waals surface area contributed by atoms with Crippen molar-refractivity contribution in [2.24, 2.45) is 0 Å². The van der Waals surface area contributed by atoms with Crippen molar-refractivity contribution in [1.82, 2.24) is 19.4 Å². The Labute approximate surface area is 254 Å². The Morgan fingerprint density at radius 3 is 2.64 bits per heavy atom. The first-order chi connectivity index (χ1) is 21.5. The molecule has 6 rings (SSSR count). The number of imidazole rings is 1. The number of methoxy groups -OCH3 is 1. The minimum absolute atomic E-state index is 0.00135. The number of fused-ring (bicyclic) bond motifs is 1. The van der Waals surface area contributed by atoms with Crippen LogP contribution in [0.15, 0.2) is 54.6 Å². The first kappa shape index (κ1) is 29.7. The predicted molar refractivity (Wildman–Crippen MR) is 157 cm³/mol. The fourth-order valence-corrected chi connectivity index (χ4v) is 5.93. The van der Waals surface area contributed by atoms with Gasteiger partial charge in [-0.15, -0.1) is 0 Å². The van der Waals surface area contributed by atoms with Crippen LogP contribution in [0.2, 0.25) is 0 Å². The van der Waals surface area contributed by atoms with Crippen LogP contribution in [-0.4, -0.2) is 65.0 Å². The summed E-state index contributed by atoms with van der Waals surface area (Å²) >= 11 is 0. The number of hydrogen-bond donors (Lipinski definition) is 0. The smallest absolute Gasteiger partial charge is 0.337 e. The summed E-state index contributed by atoms with van der Waals surface area (Å²) < 4.78 is 47.5. The minimum atomic E-state index is -0.600. The molecule has 44 heavy (non-hydrogen) atoms. The topological polar surface area (TPSA) is 102 Å². The van der Waals surface area contributed by atoms with Crippen LogP contribution in [0.25, 0.3) is 11.0 Å². The number of hydrogen-bond acceptors (Lipinski definition) is 8. The molecule has 2 saturated heterocycles. The summed E-state index contributed by atoms with van der Waals surface area (Å²) in [5.41, 5.74) is 3.35. The summed E-state index contributed by atoms with van der Waals surface area (Å²) in [6, 6.07) is 16.4. The standard InChI is InChI=1S/C33H33F2N5O4/c1-42-33(41)23-7-8-28-29(16-23)40(19-25-11-14-43-25)32(38-28)30(17-34)39-12-9-22(10-13-39)27-3-2-4-31(37-27)44-20-24-6-5-21(18-36)15-26(24)35/h2-8,15-16,22,25,30H,9-14,17,19-20H2,1H3. The molecular weight excluding hydrogens is 568 g/mol. The number of piperidine rings is 1. The maximum absolute atomic E-state index is 14.8. The maximum atomic E-state index is 14.8. The number of esters is 1. The molecule has 2 atom stereocenters. The van der Waals surface area contributed by atoms with Crippen LogP contribution in [0.4, 0.5) is 8.78 Å². The van der Waals surface area contributed by atoms with Crippen LogP contribution in [0, 0.1) is 17.1 Å². The van der Waals surface area contributed by atoms with Crippen molar-refractivity contribution in [2.75, 3.05) is 33.5 Å². The lowest BCUT2D eigenvalue weighted by atomic mass is 9.92. The number of likely N-dealkylation sites (tertiary alicyclic amines) is 1. The third-order valence-electron chi connectivity index (χ3n) is 8.51. The van der Waals surface area contributed by atoms with Crippen LogP contribution < -0.4 is 4.74 Å². The van der Waals surface area contributed by atoms with Crippen molar-refractivity contribution in [2.45, 2.75) is 50.5 Å². The Morgan fingerprint density at radius 1 is 1.14 bits per heavy atom. The van der Waals surface area contributed by atoms with E-state index < -0.39 is 24.5 Å². The summed E-state index contributed by atoms with van der Waals surface area (Å²) in [7, 11) is 1.34. The summed E-state index contributed by atoms with van der Waals surface area (Å²) in [4.78, 5) is 23.9. The molecule has 11 heteroatoms. The molecule has 4 heterocycles. The highest BCUT2D eigenvalue weighted by Crippen LogP contribution is 2.34. The van der Waals surface area contributed by atoms with Gasteiger partial charge in [0.1, 0.15) is 24.9 Å². The fraction of sp³-hybridized carbons (Fsp3) is 0.394. The van der Waals surface area contributed by atoms with Crippen LogP contribution >= 0.6 is 0 Å². The van der Waals surface area contributed by atoms with E-state index in [2.05, 4.69) is 9.88 Å². The SMILES string of the molecule is COC(=O)c1ccc2nc(C(CF)N3CCC(c4cccc(OCc5ccc(C#N)cc5F)n4)CC3)n(CC3CCO3)c2c1. The van der Waals surface area contributed by atoms with E-state index in [9.17, 15) is 13.6 Å². The summed E-state index contributed by atoms with van der Waals surface area (Å²) in [5, 5.41) is 8.95. The molecule has 2 fully saturated rings. The number of benzene rings is 2. The van der Waals surface area contributed by atoms with Gasteiger partial charge in [-0.3, -0.25) is 4.90 Å². The van der Waals surface area contributed by atoms with Crippen molar-refractivity contribution in [3.8, 4) is 11.9 Å². The van der Waals surface area contributed by atoms with Crippen molar-refractivity contribution in [3.05, 3.63) is 88.6 Å². The van der Waals surface area contributed by atoms with E-state index in [1.807, 2.05) is 22.8 Å². The quantitative estimate of drug-likeness (QED) is 0.220. The Hall–Kier alpha value is -4.40. The molecule has 2 unspecified atom stereocenters. The van der Waals surface area contributed by atoms with Gasteiger partial charge >= 0.3 is 5.97 Å². The molecular formula is C33H33F2N5O4. The molecule has 228 valence electrons. The molecule has 2 aliphatic rings. The van der Waals surface area contributed by atoms with Gasteiger partial charge in [-0.05, 0) is 68.8 Å². The molecule has 0 aliphatic carbocycles. The monoisotopic (exact) mass is 601 g/mol. The first-order valence-electron chi connectivity index (χ1n) is 14.8. The van der Waals surface area contributed by atoms with Crippen molar-refractivity contribution in [3.63, 3.8) is 0 Å². The highest BCUT2D eigenvalue weighted by Gasteiger charge is 2.32. The zero-order valence-corrected chi connectivity index (χ0v) is 24.4.